The number of aromatic nitrogens is 1. The Morgan fingerprint density at radius 3 is 2.74 bits per heavy atom. The number of aryl methyl sites for hydroxylation is 2. The molecule has 2 aromatic rings. The van der Waals surface area contributed by atoms with Gasteiger partial charge in [0.1, 0.15) is 0 Å². The fourth-order valence-electron chi connectivity index (χ4n) is 4.01. The molecule has 3 rings (SSSR count). The molecule has 1 saturated heterocycles. The largest absolute Gasteiger partial charge is 0.381 e. The van der Waals surface area contributed by atoms with E-state index < -0.39 is 0 Å². The predicted octanol–water partition coefficient (Wildman–Crippen LogP) is 5.19. The van der Waals surface area contributed by atoms with Gasteiger partial charge in [0.25, 0.3) is 0 Å². The van der Waals surface area contributed by atoms with Crippen molar-refractivity contribution in [1.82, 2.24) is 9.88 Å². The molecule has 0 bridgehead atoms. The quantitative estimate of drug-likeness (QED) is 0.620. The molecule has 0 amide bonds. The maximum atomic E-state index is 13.3. The maximum Gasteiger partial charge on any atom is 0.176 e. The third-order valence-corrected chi connectivity index (χ3v) is 6.92. The molecule has 0 radical (unpaired) electrons. The Balaban J connectivity index is 1.73. The number of likely N-dealkylation sites (tertiary alicyclic amines) is 1. The molecule has 1 atom stereocenters. The average Bonchev–Trinajstić information content (AvgIpc) is 3.26. The molecule has 0 aromatic carbocycles. The molecule has 5 heteroatoms. The minimum Gasteiger partial charge on any atom is -0.381 e. The molecule has 27 heavy (non-hydrogen) atoms. The molecular formula is C22H31FN2OS. The van der Waals surface area contributed by atoms with E-state index in [9.17, 15) is 4.39 Å². The summed E-state index contributed by atoms with van der Waals surface area (Å²) in [6.07, 6.45) is 5.07. The van der Waals surface area contributed by atoms with Crippen LogP contribution in [0.2, 0.25) is 0 Å². The average molecular weight is 391 g/mol. The molecule has 0 N–H and O–H groups in total. The number of thiophene rings is 1. The Bertz CT molecular complexity index is 743. The molecular weight excluding hydrogens is 359 g/mol. The molecule has 148 valence electrons. The molecule has 1 fully saturated rings. The highest BCUT2D eigenvalue weighted by molar-refractivity contribution is 7.10. The van der Waals surface area contributed by atoms with Gasteiger partial charge in [-0.25, -0.2) is 0 Å². The van der Waals surface area contributed by atoms with Crippen LogP contribution in [0.25, 0.3) is 0 Å². The van der Waals surface area contributed by atoms with Crippen molar-refractivity contribution < 1.29 is 9.13 Å². The van der Waals surface area contributed by atoms with Crippen molar-refractivity contribution in [3.63, 3.8) is 0 Å². The Labute approximate surface area is 166 Å². The molecule has 3 nitrogen and oxygen atoms in total. The molecule has 0 saturated carbocycles. The number of ether oxygens (including phenoxy) is 1. The highest BCUT2D eigenvalue weighted by Crippen LogP contribution is 2.42. The first-order chi connectivity index (χ1) is 12.8. The number of rotatable bonds is 8. The molecule has 1 aliphatic rings. The first-order valence-electron chi connectivity index (χ1n) is 9.85. The first kappa shape index (κ1) is 20.4. The van der Waals surface area contributed by atoms with E-state index in [-0.39, 0.29) is 16.1 Å². The van der Waals surface area contributed by atoms with Crippen molar-refractivity contribution in [2.24, 2.45) is 5.41 Å². The predicted molar refractivity (Wildman–Crippen MR) is 110 cm³/mol. The van der Waals surface area contributed by atoms with E-state index in [1.54, 1.807) is 6.07 Å². The summed E-state index contributed by atoms with van der Waals surface area (Å²) in [6.45, 7) is 12.2. The minimum atomic E-state index is -0.0927. The summed E-state index contributed by atoms with van der Waals surface area (Å²) in [7, 11) is 0. The molecule has 0 aliphatic carbocycles. The molecule has 1 aliphatic heterocycles. The van der Waals surface area contributed by atoms with Gasteiger partial charge < -0.3 is 4.74 Å². The van der Waals surface area contributed by atoms with Gasteiger partial charge in [-0.1, -0.05) is 6.07 Å². The number of halogens is 1. The van der Waals surface area contributed by atoms with Gasteiger partial charge in [-0.15, -0.1) is 11.3 Å². The van der Waals surface area contributed by atoms with Gasteiger partial charge in [-0.2, -0.15) is 4.39 Å². The highest BCUT2D eigenvalue weighted by Gasteiger charge is 2.43. The fourth-order valence-corrected chi connectivity index (χ4v) is 4.74. The van der Waals surface area contributed by atoms with E-state index in [2.05, 4.69) is 42.8 Å². The van der Waals surface area contributed by atoms with Crippen molar-refractivity contribution in [3.8, 4) is 0 Å². The normalized spacial score (nSPS) is 21.1. The molecule has 0 spiro atoms. The Morgan fingerprint density at radius 2 is 2.11 bits per heavy atom. The number of pyridine rings is 1. The number of nitrogens with zero attached hydrogens (tertiary/aromatic N) is 2. The summed E-state index contributed by atoms with van der Waals surface area (Å²) < 4.78 is 19.2. The van der Waals surface area contributed by atoms with E-state index in [1.807, 2.05) is 19.2 Å². The van der Waals surface area contributed by atoms with Gasteiger partial charge in [-0.3, -0.25) is 9.88 Å². The van der Waals surface area contributed by atoms with Crippen molar-refractivity contribution in [1.29, 1.82) is 0 Å². The zero-order valence-corrected chi connectivity index (χ0v) is 17.7. The van der Waals surface area contributed by atoms with E-state index in [1.165, 1.54) is 16.9 Å². The second-order valence-corrected chi connectivity index (χ2v) is 9.38. The number of hydrogen-bond donors (Lipinski definition) is 0. The van der Waals surface area contributed by atoms with E-state index in [4.69, 9.17) is 4.74 Å². The van der Waals surface area contributed by atoms with Gasteiger partial charge >= 0.3 is 0 Å². The molecule has 1 unspecified atom stereocenters. The Morgan fingerprint density at radius 1 is 1.30 bits per heavy atom. The summed E-state index contributed by atoms with van der Waals surface area (Å²) in [6, 6.07) is 7.78. The maximum absolute atomic E-state index is 13.3. The third kappa shape index (κ3) is 4.76. The topological polar surface area (TPSA) is 25.4 Å². The van der Waals surface area contributed by atoms with Gasteiger partial charge in [-0.05, 0) is 77.3 Å². The van der Waals surface area contributed by atoms with Crippen LogP contribution in [-0.2, 0) is 16.7 Å². The van der Waals surface area contributed by atoms with Crippen molar-refractivity contribution in [2.75, 3.05) is 26.3 Å². The van der Waals surface area contributed by atoms with Crippen LogP contribution in [0.4, 0.5) is 4.39 Å². The Hall–Kier alpha value is -1.30. The summed E-state index contributed by atoms with van der Waals surface area (Å²) in [5.41, 5.74) is 2.36. The van der Waals surface area contributed by atoms with Crippen LogP contribution in [0.1, 0.15) is 49.7 Å². The lowest BCUT2D eigenvalue weighted by atomic mass is 9.82. The summed E-state index contributed by atoms with van der Waals surface area (Å²) in [5.74, 6) is 0. The van der Waals surface area contributed by atoms with Gasteiger partial charge in [0.05, 0.1) is 6.61 Å². The van der Waals surface area contributed by atoms with Crippen LogP contribution >= 0.6 is 11.3 Å². The highest BCUT2D eigenvalue weighted by atomic mass is 32.1. The Kier molecular flexibility index (Phi) is 6.34. The molecule has 2 aromatic heterocycles. The lowest BCUT2D eigenvalue weighted by molar-refractivity contribution is 0.0386. The van der Waals surface area contributed by atoms with Crippen LogP contribution in [0, 0.1) is 17.5 Å². The minimum absolute atomic E-state index is 0.0658. The van der Waals surface area contributed by atoms with Gasteiger partial charge in [0, 0.05) is 40.9 Å². The summed E-state index contributed by atoms with van der Waals surface area (Å²) in [4.78, 5) is 8.19. The van der Waals surface area contributed by atoms with Crippen LogP contribution in [0.5, 0.6) is 0 Å². The monoisotopic (exact) mass is 390 g/mol. The molecule has 3 heterocycles. The zero-order chi connectivity index (χ0) is 19.5. The van der Waals surface area contributed by atoms with Gasteiger partial charge in [0.2, 0.25) is 0 Å². The first-order valence-corrected chi connectivity index (χ1v) is 10.7. The lowest BCUT2D eigenvalue weighted by Gasteiger charge is -2.38. The zero-order valence-electron chi connectivity index (χ0n) is 16.9. The number of hydrogen-bond acceptors (Lipinski definition) is 4. The van der Waals surface area contributed by atoms with E-state index in [0.717, 1.165) is 56.1 Å². The van der Waals surface area contributed by atoms with Crippen molar-refractivity contribution in [3.05, 3.63) is 51.7 Å². The standard InChI is InChI=1S/C22H31FN2OS/c1-5-26-16-22(11-10-19-8-9-20(23)27-19)12-13-25(15-22)21(3,4)18-7-6-17(2)24-14-18/h6-9,14H,5,10-13,15-16H2,1-4H3. The summed E-state index contributed by atoms with van der Waals surface area (Å²) in [5, 5.41) is -0.0927. The smallest absolute Gasteiger partial charge is 0.176 e. The third-order valence-electron chi connectivity index (χ3n) is 5.99. The van der Waals surface area contributed by atoms with Crippen molar-refractivity contribution in [2.45, 2.75) is 52.5 Å². The summed E-state index contributed by atoms with van der Waals surface area (Å²) >= 11 is 1.27. The second-order valence-electron chi connectivity index (χ2n) is 8.26. The van der Waals surface area contributed by atoms with Crippen LogP contribution in [0.3, 0.4) is 0 Å². The SMILES string of the molecule is CCOCC1(CCc2ccc(F)s2)CCN(C(C)(C)c2ccc(C)nc2)C1. The van der Waals surface area contributed by atoms with Crippen LogP contribution < -0.4 is 0 Å². The van der Waals surface area contributed by atoms with Crippen molar-refractivity contribution >= 4 is 11.3 Å². The second kappa shape index (κ2) is 8.38. The van der Waals surface area contributed by atoms with Crippen LogP contribution in [0.15, 0.2) is 30.5 Å². The lowest BCUT2D eigenvalue weighted by Crippen LogP contribution is -2.42. The van der Waals surface area contributed by atoms with E-state index >= 15 is 0 Å². The van der Waals surface area contributed by atoms with Crippen LogP contribution in [-0.4, -0.2) is 36.2 Å². The fraction of sp³-hybridized carbons (Fsp3) is 0.591. The van der Waals surface area contributed by atoms with E-state index in [0.29, 0.717) is 0 Å². The van der Waals surface area contributed by atoms with Gasteiger partial charge in [0.15, 0.2) is 5.13 Å².